The van der Waals surface area contributed by atoms with Crippen molar-refractivity contribution in [1.29, 1.82) is 0 Å². The maximum absolute atomic E-state index is 12.0. The first-order valence-electron chi connectivity index (χ1n) is 7.68. The maximum atomic E-state index is 12.0. The third kappa shape index (κ3) is 4.57. The Labute approximate surface area is 139 Å². The van der Waals surface area contributed by atoms with Gasteiger partial charge in [-0.2, -0.15) is 0 Å². The number of hydrogen-bond donors (Lipinski definition) is 1. The number of likely N-dealkylation sites (tertiary alicyclic amines) is 1. The molecule has 0 bridgehead atoms. The van der Waals surface area contributed by atoms with Crippen LogP contribution in [0.4, 0.5) is 5.69 Å². The van der Waals surface area contributed by atoms with Gasteiger partial charge >= 0.3 is 0 Å². The number of hydrogen-bond acceptors (Lipinski definition) is 6. The largest absolute Gasteiger partial charge is 0.368 e. The van der Waals surface area contributed by atoms with Crippen LogP contribution >= 0.6 is 11.5 Å². The molecule has 1 fully saturated rings. The van der Waals surface area contributed by atoms with Crippen molar-refractivity contribution in [3.63, 3.8) is 0 Å². The summed E-state index contributed by atoms with van der Waals surface area (Å²) in [4.78, 5) is 14.2. The first kappa shape index (κ1) is 16.0. The summed E-state index contributed by atoms with van der Waals surface area (Å²) in [6.07, 6.45) is 2.16. The summed E-state index contributed by atoms with van der Waals surface area (Å²) in [5, 5.41) is 8.77. The molecule has 23 heavy (non-hydrogen) atoms. The van der Waals surface area contributed by atoms with Crippen molar-refractivity contribution in [3.05, 3.63) is 29.6 Å². The minimum absolute atomic E-state index is 0.103. The minimum Gasteiger partial charge on any atom is -0.368 e. The van der Waals surface area contributed by atoms with Crippen LogP contribution in [0, 0.1) is 0 Å². The molecule has 2 aromatic rings. The van der Waals surface area contributed by atoms with E-state index in [-0.39, 0.29) is 18.6 Å². The minimum atomic E-state index is -0.119. The summed E-state index contributed by atoms with van der Waals surface area (Å²) in [7, 11) is 2.11. The Kier molecular flexibility index (Phi) is 5.32. The molecule has 0 radical (unpaired) electrons. The molecule has 1 amide bonds. The number of aromatic nitrogens is 2. The quantitative estimate of drug-likeness (QED) is 0.909. The Balaban J connectivity index is 1.46. The zero-order valence-corrected chi connectivity index (χ0v) is 13.9. The van der Waals surface area contributed by atoms with E-state index in [9.17, 15) is 4.79 Å². The molecule has 2 heterocycles. The standard InChI is InChI=1S/C16H20N4O2S/c1-20-8-6-14(7-9-20)22-10-16(21)17-13-4-2-12(3-5-13)15-11-23-19-18-15/h2-5,11,14H,6-10H2,1H3,(H,17,21). The summed E-state index contributed by atoms with van der Waals surface area (Å²) < 4.78 is 9.54. The molecule has 3 rings (SSSR count). The van der Waals surface area contributed by atoms with Crippen LogP contribution in [0.3, 0.4) is 0 Å². The summed E-state index contributed by atoms with van der Waals surface area (Å²) >= 11 is 1.32. The molecule has 1 aromatic heterocycles. The highest BCUT2D eigenvalue weighted by Crippen LogP contribution is 2.20. The lowest BCUT2D eigenvalue weighted by atomic mass is 10.1. The fourth-order valence-electron chi connectivity index (χ4n) is 2.56. The lowest BCUT2D eigenvalue weighted by Crippen LogP contribution is -2.35. The lowest BCUT2D eigenvalue weighted by molar-refractivity contribution is -0.123. The van der Waals surface area contributed by atoms with Crippen LogP contribution in [0.25, 0.3) is 11.3 Å². The van der Waals surface area contributed by atoms with Gasteiger partial charge in [-0.05, 0) is 43.6 Å². The maximum Gasteiger partial charge on any atom is 0.250 e. The summed E-state index contributed by atoms with van der Waals surface area (Å²) in [6.45, 7) is 2.16. The van der Waals surface area contributed by atoms with E-state index in [1.165, 1.54) is 11.5 Å². The van der Waals surface area contributed by atoms with E-state index < -0.39 is 0 Å². The first-order chi connectivity index (χ1) is 11.2. The second kappa shape index (κ2) is 7.63. The van der Waals surface area contributed by atoms with Gasteiger partial charge in [-0.25, -0.2) is 0 Å². The fourth-order valence-corrected chi connectivity index (χ4v) is 3.02. The Morgan fingerprint density at radius 3 is 2.74 bits per heavy atom. The van der Waals surface area contributed by atoms with Crippen molar-refractivity contribution in [2.24, 2.45) is 0 Å². The molecule has 1 aromatic carbocycles. The average Bonchev–Trinajstić information content (AvgIpc) is 3.09. The van der Waals surface area contributed by atoms with E-state index in [0.29, 0.717) is 0 Å². The molecule has 6 nitrogen and oxygen atoms in total. The van der Waals surface area contributed by atoms with Crippen molar-refractivity contribution in [2.45, 2.75) is 18.9 Å². The van der Waals surface area contributed by atoms with E-state index >= 15 is 0 Å². The molecule has 7 heteroatoms. The zero-order chi connectivity index (χ0) is 16.1. The van der Waals surface area contributed by atoms with Crippen LogP contribution < -0.4 is 5.32 Å². The number of benzene rings is 1. The Hall–Kier alpha value is -1.83. The van der Waals surface area contributed by atoms with E-state index in [1.54, 1.807) is 0 Å². The molecule has 0 unspecified atom stereocenters. The molecule has 1 saturated heterocycles. The normalized spacial score (nSPS) is 16.4. The summed E-state index contributed by atoms with van der Waals surface area (Å²) in [6, 6.07) is 7.57. The van der Waals surface area contributed by atoms with Gasteiger partial charge in [0.1, 0.15) is 12.3 Å². The van der Waals surface area contributed by atoms with Crippen LogP contribution in [0.15, 0.2) is 29.6 Å². The smallest absolute Gasteiger partial charge is 0.250 e. The van der Waals surface area contributed by atoms with Gasteiger partial charge in [0.05, 0.1) is 6.10 Å². The predicted octanol–water partition coefficient (Wildman–Crippen LogP) is 2.25. The highest BCUT2D eigenvalue weighted by Gasteiger charge is 2.18. The fraction of sp³-hybridized carbons (Fsp3) is 0.438. The van der Waals surface area contributed by atoms with Crippen molar-refractivity contribution >= 4 is 23.1 Å². The lowest BCUT2D eigenvalue weighted by Gasteiger charge is -2.28. The van der Waals surface area contributed by atoms with Gasteiger partial charge in [-0.1, -0.05) is 16.6 Å². The molecule has 0 spiro atoms. The number of ether oxygens (including phenoxy) is 1. The second-order valence-corrected chi connectivity index (χ2v) is 6.34. The van der Waals surface area contributed by atoms with Gasteiger partial charge in [0.25, 0.3) is 0 Å². The van der Waals surface area contributed by atoms with Gasteiger partial charge in [-0.3, -0.25) is 4.79 Å². The van der Waals surface area contributed by atoms with E-state index in [0.717, 1.165) is 42.9 Å². The highest BCUT2D eigenvalue weighted by atomic mass is 32.1. The van der Waals surface area contributed by atoms with Crippen LogP contribution in [0.1, 0.15) is 12.8 Å². The second-order valence-electron chi connectivity index (χ2n) is 5.73. The van der Waals surface area contributed by atoms with E-state index in [1.807, 2.05) is 29.6 Å². The van der Waals surface area contributed by atoms with Crippen LogP contribution in [-0.2, 0) is 9.53 Å². The van der Waals surface area contributed by atoms with Crippen molar-refractivity contribution in [1.82, 2.24) is 14.5 Å². The molecule has 122 valence electrons. The Bertz CT molecular complexity index is 622. The van der Waals surface area contributed by atoms with Gasteiger partial charge in [0, 0.05) is 29.7 Å². The van der Waals surface area contributed by atoms with Crippen LogP contribution in [0.2, 0.25) is 0 Å². The highest BCUT2D eigenvalue weighted by molar-refractivity contribution is 7.03. The number of nitrogens with one attached hydrogen (secondary N) is 1. The molecule has 0 atom stereocenters. The van der Waals surface area contributed by atoms with Crippen molar-refractivity contribution in [3.8, 4) is 11.3 Å². The zero-order valence-electron chi connectivity index (χ0n) is 13.1. The summed E-state index contributed by atoms with van der Waals surface area (Å²) in [5.74, 6) is -0.119. The number of amides is 1. The summed E-state index contributed by atoms with van der Waals surface area (Å²) in [5.41, 5.74) is 2.59. The number of piperidine rings is 1. The molecular formula is C16H20N4O2S. The Morgan fingerprint density at radius 2 is 2.09 bits per heavy atom. The molecule has 1 aliphatic rings. The molecular weight excluding hydrogens is 312 g/mol. The van der Waals surface area contributed by atoms with Gasteiger partial charge < -0.3 is 15.0 Å². The molecule has 0 saturated carbocycles. The van der Waals surface area contributed by atoms with E-state index in [4.69, 9.17) is 4.74 Å². The molecule has 0 aliphatic carbocycles. The predicted molar refractivity (Wildman–Crippen MR) is 90.4 cm³/mol. The van der Waals surface area contributed by atoms with E-state index in [2.05, 4.69) is 26.9 Å². The first-order valence-corrected chi connectivity index (χ1v) is 8.52. The van der Waals surface area contributed by atoms with Gasteiger partial charge in [0.15, 0.2) is 0 Å². The topological polar surface area (TPSA) is 67.3 Å². The Morgan fingerprint density at radius 1 is 1.35 bits per heavy atom. The van der Waals surface area contributed by atoms with Crippen molar-refractivity contribution < 1.29 is 9.53 Å². The monoisotopic (exact) mass is 332 g/mol. The third-order valence-corrected chi connectivity index (χ3v) is 4.44. The van der Waals surface area contributed by atoms with Crippen molar-refractivity contribution in [2.75, 3.05) is 32.1 Å². The number of anilines is 1. The van der Waals surface area contributed by atoms with Gasteiger partial charge in [0.2, 0.25) is 5.91 Å². The average molecular weight is 332 g/mol. The number of carbonyl (C=O) groups is 1. The van der Waals surface area contributed by atoms with Crippen LogP contribution in [0.5, 0.6) is 0 Å². The number of rotatable bonds is 5. The third-order valence-electron chi connectivity index (χ3n) is 3.94. The molecule has 1 N–H and O–H groups in total. The SMILES string of the molecule is CN1CCC(OCC(=O)Nc2ccc(-c3csnn3)cc2)CC1. The van der Waals surface area contributed by atoms with Gasteiger partial charge in [-0.15, -0.1) is 5.10 Å². The number of nitrogens with zero attached hydrogens (tertiary/aromatic N) is 3. The van der Waals surface area contributed by atoms with Crippen LogP contribution in [-0.4, -0.2) is 53.2 Å². The molecule has 1 aliphatic heterocycles. The number of carbonyl (C=O) groups excluding carboxylic acids is 1.